The van der Waals surface area contributed by atoms with Gasteiger partial charge in [-0.15, -0.1) is 0 Å². The lowest BCUT2D eigenvalue weighted by Gasteiger charge is -2.11. The van der Waals surface area contributed by atoms with Crippen LogP contribution in [-0.2, 0) is 0 Å². The largest absolute Gasteiger partial charge is 0.491 e. The molecular formula is C17H20FNOS. The van der Waals surface area contributed by atoms with E-state index in [2.05, 4.69) is 38.1 Å². The maximum Gasteiger partial charge on any atom is 0.167 e. The Morgan fingerprint density at radius 3 is 2.43 bits per heavy atom. The smallest absolute Gasteiger partial charge is 0.167 e. The standard InChI is InChI=1S/C17H20FNOS/c1-4-20-16-10-17(15(19)9-14(16)18)21-13-7-5-12(6-8-13)11(2)3/h5-11H,4,19H2,1-3H3. The highest BCUT2D eigenvalue weighted by Gasteiger charge is 2.10. The fraction of sp³-hybridized carbons (Fsp3) is 0.294. The molecule has 0 heterocycles. The van der Waals surface area contributed by atoms with Crippen molar-refractivity contribution in [2.24, 2.45) is 0 Å². The van der Waals surface area contributed by atoms with Crippen LogP contribution in [0.1, 0.15) is 32.3 Å². The van der Waals surface area contributed by atoms with Crippen LogP contribution in [0.25, 0.3) is 0 Å². The van der Waals surface area contributed by atoms with Crippen molar-refractivity contribution in [1.82, 2.24) is 0 Å². The molecule has 0 aromatic heterocycles. The summed E-state index contributed by atoms with van der Waals surface area (Å²) in [6.45, 7) is 6.57. The SMILES string of the molecule is CCOc1cc(Sc2ccc(C(C)C)cc2)c(N)cc1F. The van der Waals surface area contributed by atoms with E-state index in [9.17, 15) is 4.39 Å². The molecule has 0 unspecified atom stereocenters. The second kappa shape index (κ2) is 6.85. The minimum atomic E-state index is -0.422. The van der Waals surface area contributed by atoms with Gasteiger partial charge in [-0.05, 0) is 36.6 Å². The first kappa shape index (κ1) is 15.7. The highest BCUT2D eigenvalue weighted by molar-refractivity contribution is 7.99. The van der Waals surface area contributed by atoms with Crippen LogP contribution < -0.4 is 10.5 Å². The average Bonchev–Trinajstić information content (AvgIpc) is 2.45. The summed E-state index contributed by atoms with van der Waals surface area (Å²) in [5, 5.41) is 0. The summed E-state index contributed by atoms with van der Waals surface area (Å²) in [6.07, 6.45) is 0. The second-order valence-corrected chi connectivity index (χ2v) is 6.19. The Morgan fingerprint density at radius 2 is 1.86 bits per heavy atom. The first-order chi connectivity index (χ1) is 10.0. The summed E-state index contributed by atoms with van der Waals surface area (Å²) in [6, 6.07) is 11.3. The topological polar surface area (TPSA) is 35.2 Å². The van der Waals surface area contributed by atoms with Gasteiger partial charge in [-0.1, -0.05) is 37.7 Å². The molecule has 0 aliphatic heterocycles. The first-order valence-electron chi connectivity index (χ1n) is 7.01. The van der Waals surface area contributed by atoms with Gasteiger partial charge < -0.3 is 10.5 Å². The van der Waals surface area contributed by atoms with Gasteiger partial charge in [0.25, 0.3) is 0 Å². The summed E-state index contributed by atoms with van der Waals surface area (Å²) in [7, 11) is 0. The van der Waals surface area contributed by atoms with E-state index in [1.165, 1.54) is 23.4 Å². The molecule has 2 rings (SSSR count). The van der Waals surface area contributed by atoms with Crippen LogP contribution in [0.2, 0.25) is 0 Å². The Hall–Kier alpha value is -1.68. The van der Waals surface area contributed by atoms with E-state index >= 15 is 0 Å². The second-order valence-electron chi connectivity index (χ2n) is 5.08. The van der Waals surface area contributed by atoms with Crippen LogP contribution in [0.4, 0.5) is 10.1 Å². The van der Waals surface area contributed by atoms with E-state index < -0.39 is 5.82 Å². The summed E-state index contributed by atoms with van der Waals surface area (Å²) in [5.74, 6) is 0.325. The summed E-state index contributed by atoms with van der Waals surface area (Å²) < 4.78 is 19.0. The van der Waals surface area contributed by atoms with E-state index in [0.29, 0.717) is 18.2 Å². The molecule has 2 N–H and O–H groups in total. The lowest BCUT2D eigenvalue weighted by Crippen LogP contribution is -1.97. The molecular weight excluding hydrogens is 285 g/mol. The number of hydrogen-bond donors (Lipinski definition) is 1. The third kappa shape index (κ3) is 3.91. The summed E-state index contributed by atoms with van der Waals surface area (Å²) >= 11 is 1.51. The first-order valence-corrected chi connectivity index (χ1v) is 7.82. The molecule has 0 aliphatic rings. The Morgan fingerprint density at radius 1 is 1.19 bits per heavy atom. The Balaban J connectivity index is 2.24. The number of nitrogens with two attached hydrogens (primary N) is 1. The molecule has 0 radical (unpaired) electrons. The van der Waals surface area contributed by atoms with Crippen LogP contribution in [0.15, 0.2) is 46.2 Å². The molecule has 0 saturated heterocycles. The minimum absolute atomic E-state index is 0.244. The van der Waals surface area contributed by atoms with Crippen molar-refractivity contribution in [2.75, 3.05) is 12.3 Å². The van der Waals surface area contributed by atoms with Crippen LogP contribution in [0.5, 0.6) is 5.75 Å². The van der Waals surface area contributed by atoms with Gasteiger partial charge in [0.1, 0.15) is 0 Å². The monoisotopic (exact) mass is 305 g/mol. The predicted molar refractivity (Wildman–Crippen MR) is 86.6 cm³/mol. The Bertz CT molecular complexity index is 611. The van der Waals surface area contributed by atoms with Crippen LogP contribution in [-0.4, -0.2) is 6.61 Å². The number of benzene rings is 2. The van der Waals surface area contributed by atoms with Gasteiger partial charge in [-0.3, -0.25) is 0 Å². The molecule has 21 heavy (non-hydrogen) atoms. The molecule has 0 spiro atoms. The summed E-state index contributed by atoms with van der Waals surface area (Å²) in [4.78, 5) is 1.87. The quantitative estimate of drug-likeness (QED) is 0.782. The van der Waals surface area contributed by atoms with Crippen molar-refractivity contribution in [3.8, 4) is 5.75 Å². The molecule has 0 atom stereocenters. The molecule has 2 aromatic carbocycles. The normalized spacial score (nSPS) is 10.9. The number of anilines is 1. The van der Waals surface area contributed by atoms with Crippen molar-refractivity contribution < 1.29 is 9.13 Å². The highest BCUT2D eigenvalue weighted by atomic mass is 32.2. The number of hydrogen-bond acceptors (Lipinski definition) is 3. The zero-order valence-corrected chi connectivity index (χ0v) is 13.3. The van der Waals surface area contributed by atoms with Gasteiger partial charge in [0, 0.05) is 21.5 Å². The van der Waals surface area contributed by atoms with Gasteiger partial charge in [0.2, 0.25) is 0 Å². The molecule has 4 heteroatoms. The number of ether oxygens (including phenoxy) is 1. The molecule has 2 nitrogen and oxygen atoms in total. The number of nitrogen functional groups attached to an aromatic ring is 1. The van der Waals surface area contributed by atoms with E-state index in [4.69, 9.17) is 10.5 Å². The lowest BCUT2D eigenvalue weighted by atomic mass is 10.0. The number of rotatable bonds is 5. The molecule has 0 fully saturated rings. The van der Waals surface area contributed by atoms with E-state index in [1.807, 2.05) is 6.92 Å². The van der Waals surface area contributed by atoms with Gasteiger partial charge in [0.15, 0.2) is 11.6 Å². The summed E-state index contributed by atoms with van der Waals surface area (Å²) in [5.41, 5.74) is 7.61. The average molecular weight is 305 g/mol. The third-order valence-electron chi connectivity index (χ3n) is 3.14. The van der Waals surface area contributed by atoms with Crippen molar-refractivity contribution in [2.45, 2.75) is 36.5 Å². The molecule has 2 aromatic rings. The highest BCUT2D eigenvalue weighted by Crippen LogP contribution is 2.36. The molecule has 0 bridgehead atoms. The van der Waals surface area contributed by atoms with E-state index in [-0.39, 0.29) is 5.75 Å². The van der Waals surface area contributed by atoms with Gasteiger partial charge in [0.05, 0.1) is 6.61 Å². The molecule has 0 amide bonds. The van der Waals surface area contributed by atoms with Gasteiger partial charge in [-0.2, -0.15) is 0 Å². The van der Waals surface area contributed by atoms with Gasteiger partial charge >= 0.3 is 0 Å². The fourth-order valence-electron chi connectivity index (χ4n) is 1.95. The molecule has 0 saturated carbocycles. The van der Waals surface area contributed by atoms with E-state index in [0.717, 1.165) is 9.79 Å². The van der Waals surface area contributed by atoms with Crippen molar-refractivity contribution in [3.63, 3.8) is 0 Å². The van der Waals surface area contributed by atoms with Crippen molar-refractivity contribution >= 4 is 17.4 Å². The zero-order chi connectivity index (χ0) is 15.4. The van der Waals surface area contributed by atoms with Crippen LogP contribution >= 0.6 is 11.8 Å². The third-order valence-corrected chi connectivity index (χ3v) is 4.22. The minimum Gasteiger partial charge on any atom is -0.491 e. The molecule has 0 aliphatic carbocycles. The van der Waals surface area contributed by atoms with Crippen LogP contribution in [0, 0.1) is 5.82 Å². The zero-order valence-electron chi connectivity index (χ0n) is 12.5. The lowest BCUT2D eigenvalue weighted by molar-refractivity contribution is 0.321. The van der Waals surface area contributed by atoms with E-state index in [1.54, 1.807) is 6.07 Å². The maximum absolute atomic E-state index is 13.7. The van der Waals surface area contributed by atoms with Gasteiger partial charge in [-0.25, -0.2) is 4.39 Å². The fourth-order valence-corrected chi connectivity index (χ4v) is 2.82. The Kier molecular flexibility index (Phi) is 5.12. The molecule has 112 valence electrons. The Labute approximate surface area is 129 Å². The predicted octanol–water partition coefficient (Wildman–Crippen LogP) is 5.08. The number of halogens is 1. The van der Waals surface area contributed by atoms with Crippen LogP contribution in [0.3, 0.4) is 0 Å². The van der Waals surface area contributed by atoms with Crippen molar-refractivity contribution in [1.29, 1.82) is 0 Å². The van der Waals surface area contributed by atoms with Crippen molar-refractivity contribution in [3.05, 3.63) is 47.8 Å². The maximum atomic E-state index is 13.7.